The number of fused-ring (bicyclic) bond motifs is 2. The second-order valence-corrected chi connectivity index (χ2v) is 6.04. The van der Waals surface area contributed by atoms with Gasteiger partial charge in [0.15, 0.2) is 11.5 Å². The normalized spacial score (nSPS) is 12.5. The van der Waals surface area contributed by atoms with Crippen LogP contribution in [-0.2, 0) is 13.5 Å². The molecule has 2 aromatic carbocycles. The number of ether oxygens (including phenoxy) is 2. The van der Waals surface area contributed by atoms with Gasteiger partial charge in [-0.15, -0.1) is 0 Å². The Hall–Kier alpha value is -3.15. The third-order valence-electron chi connectivity index (χ3n) is 4.37. The number of hydrogen-bond acceptors (Lipinski definition) is 4. The zero-order valence-corrected chi connectivity index (χ0v) is 13.8. The van der Waals surface area contributed by atoms with Crippen molar-refractivity contribution in [2.24, 2.45) is 7.05 Å². The van der Waals surface area contributed by atoms with E-state index in [4.69, 9.17) is 9.47 Å². The molecular weight excluding hydrogens is 320 g/mol. The van der Waals surface area contributed by atoms with Gasteiger partial charge in [0.05, 0.1) is 0 Å². The molecule has 25 heavy (non-hydrogen) atoms. The molecular formula is C19H18N2O4. The first-order valence-corrected chi connectivity index (χ1v) is 8.06. The van der Waals surface area contributed by atoms with Crippen LogP contribution in [0.15, 0.2) is 42.6 Å². The van der Waals surface area contributed by atoms with Gasteiger partial charge >= 0.3 is 0 Å². The molecule has 0 radical (unpaired) electrons. The van der Waals surface area contributed by atoms with Crippen LogP contribution in [0.3, 0.4) is 0 Å². The van der Waals surface area contributed by atoms with Gasteiger partial charge in [0.25, 0.3) is 5.91 Å². The van der Waals surface area contributed by atoms with Crippen molar-refractivity contribution in [2.45, 2.75) is 6.42 Å². The Balaban J connectivity index is 1.44. The van der Waals surface area contributed by atoms with Crippen molar-refractivity contribution < 1.29 is 19.4 Å². The third-order valence-corrected chi connectivity index (χ3v) is 4.37. The number of hydrogen-bond donors (Lipinski definition) is 2. The van der Waals surface area contributed by atoms with Crippen LogP contribution in [0, 0.1) is 0 Å². The smallest absolute Gasteiger partial charge is 0.251 e. The number of amides is 1. The summed E-state index contributed by atoms with van der Waals surface area (Å²) in [5.41, 5.74) is 2.68. The van der Waals surface area contributed by atoms with Gasteiger partial charge in [0.1, 0.15) is 5.75 Å². The number of nitrogens with zero attached hydrogens (tertiary/aromatic N) is 1. The number of aromatic hydroxyl groups is 1. The lowest BCUT2D eigenvalue weighted by atomic mass is 10.1. The molecule has 0 saturated heterocycles. The highest BCUT2D eigenvalue weighted by Gasteiger charge is 2.16. The van der Waals surface area contributed by atoms with Gasteiger partial charge in [-0.3, -0.25) is 4.79 Å². The highest BCUT2D eigenvalue weighted by atomic mass is 16.7. The van der Waals surface area contributed by atoms with E-state index in [0.717, 1.165) is 16.5 Å². The Morgan fingerprint density at radius 2 is 2.04 bits per heavy atom. The van der Waals surface area contributed by atoms with E-state index in [1.54, 1.807) is 30.3 Å². The van der Waals surface area contributed by atoms with Crippen molar-refractivity contribution in [3.05, 3.63) is 53.7 Å². The maximum Gasteiger partial charge on any atom is 0.251 e. The quantitative estimate of drug-likeness (QED) is 0.767. The maximum absolute atomic E-state index is 12.3. The lowest BCUT2D eigenvalue weighted by Gasteiger charge is -2.06. The lowest BCUT2D eigenvalue weighted by Crippen LogP contribution is -2.25. The van der Waals surface area contributed by atoms with E-state index in [9.17, 15) is 9.90 Å². The van der Waals surface area contributed by atoms with Crippen molar-refractivity contribution in [1.29, 1.82) is 0 Å². The molecule has 0 aliphatic carbocycles. The summed E-state index contributed by atoms with van der Waals surface area (Å²) < 4.78 is 12.6. The summed E-state index contributed by atoms with van der Waals surface area (Å²) in [7, 11) is 1.97. The predicted octanol–water partition coefficient (Wildman–Crippen LogP) is 2.59. The summed E-state index contributed by atoms with van der Waals surface area (Å²) in [6, 6.07) is 10.5. The molecule has 0 bridgehead atoms. The minimum atomic E-state index is -0.151. The van der Waals surface area contributed by atoms with Gasteiger partial charge in [-0.25, -0.2) is 0 Å². The van der Waals surface area contributed by atoms with E-state index in [1.807, 2.05) is 23.9 Å². The summed E-state index contributed by atoms with van der Waals surface area (Å²) in [6.07, 6.45) is 2.70. The molecule has 6 nitrogen and oxygen atoms in total. The fraction of sp³-hybridized carbons (Fsp3) is 0.211. The molecule has 0 fully saturated rings. The van der Waals surface area contributed by atoms with Gasteiger partial charge in [-0.05, 0) is 48.4 Å². The molecule has 0 unspecified atom stereocenters. The number of carbonyl (C=O) groups excluding carboxylic acids is 1. The fourth-order valence-corrected chi connectivity index (χ4v) is 3.11. The van der Waals surface area contributed by atoms with Gasteiger partial charge in [0, 0.05) is 36.3 Å². The summed E-state index contributed by atoms with van der Waals surface area (Å²) in [5, 5.41) is 13.6. The van der Waals surface area contributed by atoms with Crippen LogP contribution in [0.1, 0.15) is 15.9 Å². The first kappa shape index (κ1) is 15.4. The van der Waals surface area contributed by atoms with Gasteiger partial charge in [-0.1, -0.05) is 0 Å². The number of aromatic nitrogens is 1. The molecule has 4 rings (SSSR count). The van der Waals surface area contributed by atoms with Gasteiger partial charge < -0.3 is 24.5 Å². The fourth-order valence-electron chi connectivity index (χ4n) is 3.11. The monoisotopic (exact) mass is 338 g/mol. The Labute approximate surface area is 144 Å². The molecule has 6 heteroatoms. The maximum atomic E-state index is 12.3. The summed E-state index contributed by atoms with van der Waals surface area (Å²) in [6.45, 7) is 0.691. The Morgan fingerprint density at radius 1 is 1.20 bits per heavy atom. The molecule has 2 N–H and O–H groups in total. The first-order valence-electron chi connectivity index (χ1n) is 8.06. The highest BCUT2D eigenvalue weighted by Crippen LogP contribution is 2.32. The third kappa shape index (κ3) is 2.87. The minimum Gasteiger partial charge on any atom is -0.508 e. The van der Waals surface area contributed by atoms with Crippen LogP contribution in [-0.4, -0.2) is 28.9 Å². The summed E-state index contributed by atoms with van der Waals surface area (Å²) in [5.74, 6) is 1.34. The van der Waals surface area contributed by atoms with E-state index >= 15 is 0 Å². The predicted molar refractivity (Wildman–Crippen MR) is 93.2 cm³/mol. The number of aryl methyl sites for hydroxylation is 1. The van der Waals surface area contributed by atoms with Gasteiger partial charge in [0.2, 0.25) is 6.79 Å². The first-order chi connectivity index (χ1) is 12.1. The standard InChI is InChI=1S/C19H18N2O4/c1-21-10-13(15-9-14(22)3-4-16(15)21)6-7-20-19(23)12-2-5-17-18(8-12)25-11-24-17/h2-5,8-10,22H,6-7,11H2,1H3,(H,20,23). The van der Waals surface area contributed by atoms with Crippen LogP contribution in [0.4, 0.5) is 0 Å². The van der Waals surface area contributed by atoms with Crippen LogP contribution < -0.4 is 14.8 Å². The lowest BCUT2D eigenvalue weighted by molar-refractivity contribution is 0.0953. The van der Waals surface area contributed by atoms with Crippen molar-refractivity contribution >= 4 is 16.8 Å². The number of rotatable bonds is 4. The number of phenols is 1. The van der Waals surface area contributed by atoms with E-state index in [-0.39, 0.29) is 18.4 Å². The largest absolute Gasteiger partial charge is 0.508 e. The van der Waals surface area contributed by atoms with Crippen molar-refractivity contribution in [3.8, 4) is 17.2 Å². The van der Waals surface area contributed by atoms with Crippen molar-refractivity contribution in [2.75, 3.05) is 13.3 Å². The van der Waals surface area contributed by atoms with Crippen molar-refractivity contribution in [3.63, 3.8) is 0 Å². The Bertz CT molecular complexity index is 961. The zero-order chi connectivity index (χ0) is 17.4. The molecule has 0 saturated carbocycles. The average Bonchev–Trinajstić information content (AvgIpc) is 3.19. The van der Waals surface area contributed by atoms with E-state index in [1.165, 1.54) is 0 Å². The van der Waals surface area contributed by atoms with Crippen LogP contribution in [0.2, 0.25) is 0 Å². The topological polar surface area (TPSA) is 72.7 Å². The molecule has 1 amide bonds. The summed E-state index contributed by atoms with van der Waals surface area (Å²) in [4.78, 5) is 12.3. The van der Waals surface area contributed by atoms with E-state index < -0.39 is 0 Å². The molecule has 0 atom stereocenters. The van der Waals surface area contributed by atoms with E-state index in [2.05, 4.69) is 5.32 Å². The molecule has 3 aromatic rings. The second kappa shape index (κ2) is 6.05. The van der Waals surface area contributed by atoms with Crippen LogP contribution >= 0.6 is 0 Å². The van der Waals surface area contributed by atoms with Crippen LogP contribution in [0.25, 0.3) is 10.9 Å². The minimum absolute atomic E-state index is 0.151. The highest BCUT2D eigenvalue weighted by molar-refractivity contribution is 5.95. The second-order valence-electron chi connectivity index (χ2n) is 6.04. The molecule has 1 aliphatic rings. The molecule has 0 spiro atoms. The summed E-state index contributed by atoms with van der Waals surface area (Å²) >= 11 is 0. The molecule has 128 valence electrons. The Kier molecular flexibility index (Phi) is 3.72. The Morgan fingerprint density at radius 3 is 2.92 bits per heavy atom. The van der Waals surface area contributed by atoms with E-state index in [0.29, 0.717) is 30.0 Å². The SMILES string of the molecule is Cn1cc(CCNC(=O)c2ccc3c(c2)OCO3)c2cc(O)ccc21. The average molecular weight is 338 g/mol. The number of benzene rings is 2. The number of carbonyl (C=O) groups is 1. The molecule has 2 heterocycles. The van der Waals surface area contributed by atoms with Gasteiger partial charge in [-0.2, -0.15) is 0 Å². The zero-order valence-electron chi connectivity index (χ0n) is 13.8. The molecule has 1 aliphatic heterocycles. The van der Waals surface area contributed by atoms with Crippen molar-refractivity contribution in [1.82, 2.24) is 9.88 Å². The number of phenolic OH excluding ortho intramolecular Hbond substituents is 1. The van der Waals surface area contributed by atoms with Crippen LogP contribution in [0.5, 0.6) is 17.2 Å². The number of nitrogens with one attached hydrogen (secondary N) is 1. The molecule has 1 aromatic heterocycles.